The smallest absolute Gasteiger partial charge is 0.252 e. The van der Waals surface area contributed by atoms with Crippen molar-refractivity contribution in [3.8, 4) is 11.3 Å². The zero-order valence-corrected chi connectivity index (χ0v) is 14.7. The van der Waals surface area contributed by atoms with E-state index in [1.807, 2.05) is 13.0 Å². The highest BCUT2D eigenvalue weighted by Crippen LogP contribution is 2.28. The normalized spacial score (nSPS) is 12.0. The Morgan fingerprint density at radius 1 is 1.24 bits per heavy atom. The van der Waals surface area contributed by atoms with Crippen LogP contribution in [0, 0.1) is 5.21 Å². The lowest BCUT2D eigenvalue weighted by Crippen LogP contribution is -2.29. The Hall–Kier alpha value is -2.57. The molecule has 0 spiro atoms. The van der Waals surface area contributed by atoms with Crippen molar-refractivity contribution in [1.29, 1.82) is 0 Å². The van der Waals surface area contributed by atoms with Crippen molar-refractivity contribution in [1.82, 2.24) is 15.3 Å². The number of carbonyl (C=O) groups is 1. The zero-order valence-electron chi connectivity index (χ0n) is 13.2. The first-order valence-electron chi connectivity index (χ1n) is 7.44. The maximum atomic E-state index is 12.2. The average Bonchev–Trinajstić information content (AvgIpc) is 3.08. The summed E-state index contributed by atoms with van der Waals surface area (Å²) < 4.78 is 0.621. The average molecular weight is 377 g/mol. The van der Waals surface area contributed by atoms with Gasteiger partial charge in [-0.1, -0.05) is 29.3 Å². The number of nitrogens with one attached hydrogen (secondary N) is 2. The van der Waals surface area contributed by atoms with Crippen molar-refractivity contribution in [3.63, 3.8) is 0 Å². The third-order valence-corrected chi connectivity index (χ3v) is 4.39. The molecule has 0 aliphatic heterocycles. The summed E-state index contributed by atoms with van der Waals surface area (Å²) in [7, 11) is 0. The number of rotatable bonds is 4. The van der Waals surface area contributed by atoms with Gasteiger partial charge >= 0.3 is 0 Å². The number of nitrogens with zero attached hydrogens (tertiary/aromatic N) is 2. The summed E-state index contributed by atoms with van der Waals surface area (Å²) in [6.45, 7) is 1.81. The van der Waals surface area contributed by atoms with E-state index in [1.54, 1.807) is 18.3 Å². The number of aromatic nitrogens is 3. The van der Waals surface area contributed by atoms with Crippen LogP contribution in [0.25, 0.3) is 11.3 Å². The predicted molar refractivity (Wildman–Crippen MR) is 95.3 cm³/mol. The molecule has 2 aromatic heterocycles. The molecule has 0 saturated heterocycles. The third-order valence-electron chi connectivity index (χ3n) is 3.65. The molecule has 8 heteroatoms. The van der Waals surface area contributed by atoms with Gasteiger partial charge in [-0.2, -0.15) is 4.73 Å². The van der Waals surface area contributed by atoms with Gasteiger partial charge in [0.25, 0.3) is 5.91 Å². The molecule has 128 valence electrons. The number of hydrogen-bond acceptors (Lipinski definition) is 3. The van der Waals surface area contributed by atoms with E-state index < -0.39 is 0 Å². The van der Waals surface area contributed by atoms with Gasteiger partial charge in [0.15, 0.2) is 12.4 Å². The van der Waals surface area contributed by atoms with E-state index in [2.05, 4.69) is 15.3 Å². The summed E-state index contributed by atoms with van der Waals surface area (Å²) in [4.78, 5) is 19.7. The molecular weight excluding hydrogens is 363 g/mol. The van der Waals surface area contributed by atoms with Crippen molar-refractivity contribution in [3.05, 3.63) is 75.6 Å². The Morgan fingerprint density at radius 3 is 2.64 bits per heavy atom. The fourth-order valence-electron chi connectivity index (χ4n) is 2.28. The molecule has 1 aromatic carbocycles. The summed E-state index contributed by atoms with van der Waals surface area (Å²) in [5, 5.41) is 14.8. The number of aromatic amines is 1. The van der Waals surface area contributed by atoms with Gasteiger partial charge in [-0.3, -0.25) is 4.79 Å². The maximum absolute atomic E-state index is 12.2. The first-order chi connectivity index (χ1) is 11.9. The quantitative estimate of drug-likeness (QED) is 0.539. The van der Waals surface area contributed by atoms with Crippen LogP contribution < -0.4 is 10.0 Å². The van der Waals surface area contributed by atoms with Gasteiger partial charge in [0.1, 0.15) is 5.82 Å². The van der Waals surface area contributed by atoms with Gasteiger partial charge in [-0.05, 0) is 19.1 Å². The molecule has 0 fully saturated rings. The van der Waals surface area contributed by atoms with Gasteiger partial charge in [0.2, 0.25) is 0 Å². The van der Waals surface area contributed by atoms with Crippen molar-refractivity contribution in [2.45, 2.75) is 13.0 Å². The Kier molecular flexibility index (Phi) is 4.92. The third kappa shape index (κ3) is 3.92. The highest BCUT2D eigenvalue weighted by molar-refractivity contribution is 6.42. The van der Waals surface area contributed by atoms with Crippen LogP contribution in [0.2, 0.25) is 10.0 Å². The summed E-state index contributed by atoms with van der Waals surface area (Å²) >= 11 is 12.0. The second kappa shape index (κ2) is 7.13. The number of carbonyl (C=O) groups excluding carboxylic acids is 1. The first kappa shape index (κ1) is 17.3. The molecule has 2 heterocycles. The summed E-state index contributed by atoms with van der Waals surface area (Å²) in [5.74, 6) is 0.310. The highest BCUT2D eigenvalue weighted by Gasteiger charge is 2.15. The number of pyridine rings is 1. The van der Waals surface area contributed by atoms with Crippen LogP contribution >= 0.6 is 23.2 Å². The van der Waals surface area contributed by atoms with Crippen LogP contribution in [0.5, 0.6) is 0 Å². The van der Waals surface area contributed by atoms with Crippen LogP contribution in [-0.4, -0.2) is 15.9 Å². The van der Waals surface area contributed by atoms with Crippen molar-refractivity contribution in [2.24, 2.45) is 0 Å². The molecule has 0 bridgehead atoms. The lowest BCUT2D eigenvalue weighted by molar-refractivity contribution is -0.605. The zero-order chi connectivity index (χ0) is 18.0. The summed E-state index contributed by atoms with van der Waals surface area (Å²) in [6, 6.07) is 7.85. The van der Waals surface area contributed by atoms with E-state index in [0.29, 0.717) is 26.2 Å². The van der Waals surface area contributed by atoms with Crippen LogP contribution in [0.4, 0.5) is 0 Å². The van der Waals surface area contributed by atoms with Crippen molar-refractivity contribution < 1.29 is 9.52 Å². The molecular formula is C17H14Cl2N4O2. The van der Waals surface area contributed by atoms with E-state index in [4.69, 9.17) is 23.2 Å². The second-order valence-corrected chi connectivity index (χ2v) is 6.27. The van der Waals surface area contributed by atoms with Gasteiger partial charge < -0.3 is 15.5 Å². The van der Waals surface area contributed by atoms with E-state index in [-0.39, 0.29) is 11.9 Å². The highest BCUT2D eigenvalue weighted by atomic mass is 35.5. The van der Waals surface area contributed by atoms with E-state index in [1.165, 1.54) is 24.5 Å². The molecule has 0 aliphatic rings. The molecule has 1 atom stereocenters. The van der Waals surface area contributed by atoms with Crippen LogP contribution in [0.15, 0.2) is 48.9 Å². The van der Waals surface area contributed by atoms with E-state index >= 15 is 0 Å². The molecule has 0 unspecified atom stereocenters. The van der Waals surface area contributed by atoms with Crippen molar-refractivity contribution >= 4 is 29.1 Å². The Bertz CT molecular complexity index is 909. The Balaban J connectivity index is 1.74. The van der Waals surface area contributed by atoms with Gasteiger partial charge in [0, 0.05) is 17.7 Å². The number of benzene rings is 1. The van der Waals surface area contributed by atoms with Crippen LogP contribution in [-0.2, 0) is 0 Å². The van der Waals surface area contributed by atoms with Crippen LogP contribution in [0.3, 0.4) is 0 Å². The van der Waals surface area contributed by atoms with E-state index in [0.717, 1.165) is 11.3 Å². The fourth-order valence-corrected chi connectivity index (χ4v) is 2.58. The SMILES string of the molecule is C[C@@H](NC(=O)c1cc[n+]([O-])cc1)c1ncc(-c2ccc(Cl)c(Cl)c2)[nH]1. The Labute approximate surface area is 154 Å². The second-order valence-electron chi connectivity index (χ2n) is 5.45. The number of H-pyrrole nitrogens is 1. The van der Waals surface area contributed by atoms with E-state index in [9.17, 15) is 10.0 Å². The first-order valence-corrected chi connectivity index (χ1v) is 8.19. The standard InChI is InChI=1S/C17H14Cl2N4O2/c1-10(21-17(24)11-4-6-23(25)7-5-11)16-20-9-15(22-16)12-2-3-13(18)14(19)8-12/h2-10H,1H3,(H,20,22)(H,21,24)/t10-/m1/s1. The molecule has 6 nitrogen and oxygen atoms in total. The summed E-state index contributed by atoms with van der Waals surface area (Å²) in [6.07, 6.45) is 4.21. The maximum Gasteiger partial charge on any atom is 0.252 e. The molecule has 3 rings (SSSR count). The predicted octanol–water partition coefficient (Wildman–Crippen LogP) is 3.51. The monoisotopic (exact) mass is 376 g/mol. The number of amides is 1. The fraction of sp³-hybridized carbons (Fsp3) is 0.118. The molecule has 2 N–H and O–H groups in total. The number of halogens is 2. The lowest BCUT2D eigenvalue weighted by atomic mass is 10.2. The molecule has 3 aromatic rings. The topological polar surface area (TPSA) is 84.7 Å². The number of hydrogen-bond donors (Lipinski definition) is 2. The van der Waals surface area contributed by atoms with Crippen molar-refractivity contribution in [2.75, 3.05) is 0 Å². The summed E-state index contributed by atoms with van der Waals surface area (Å²) in [5.41, 5.74) is 2.01. The minimum absolute atomic E-state index is 0.291. The minimum atomic E-state index is -0.344. The molecule has 0 saturated carbocycles. The van der Waals surface area contributed by atoms with Gasteiger partial charge in [-0.25, -0.2) is 4.98 Å². The largest absolute Gasteiger partial charge is 0.619 e. The Morgan fingerprint density at radius 2 is 1.96 bits per heavy atom. The molecule has 25 heavy (non-hydrogen) atoms. The minimum Gasteiger partial charge on any atom is -0.619 e. The van der Waals surface area contributed by atoms with Gasteiger partial charge in [0.05, 0.1) is 33.5 Å². The lowest BCUT2D eigenvalue weighted by Gasteiger charge is -2.11. The molecule has 1 amide bonds. The molecule has 0 radical (unpaired) electrons. The number of imidazole rings is 1. The van der Waals surface area contributed by atoms with Crippen LogP contribution in [0.1, 0.15) is 29.1 Å². The van der Waals surface area contributed by atoms with Gasteiger partial charge in [-0.15, -0.1) is 0 Å². The molecule has 0 aliphatic carbocycles.